The third-order valence-corrected chi connectivity index (χ3v) is 2.53. The number of furan rings is 1. The molecule has 7 nitrogen and oxygen atoms in total. The first-order valence-electron chi connectivity index (χ1n) is 5.87. The van der Waals surface area contributed by atoms with Crippen molar-refractivity contribution in [2.45, 2.75) is 6.54 Å². The van der Waals surface area contributed by atoms with Gasteiger partial charge in [0.15, 0.2) is 5.76 Å². The predicted molar refractivity (Wildman–Crippen MR) is 67.4 cm³/mol. The Labute approximate surface area is 113 Å². The normalized spacial score (nSPS) is 10.4. The Balaban J connectivity index is 1.65. The molecule has 1 N–H and O–H groups in total. The van der Waals surface area contributed by atoms with Gasteiger partial charge in [-0.2, -0.15) is 4.98 Å². The molecule has 0 fully saturated rings. The van der Waals surface area contributed by atoms with E-state index in [1.54, 1.807) is 30.6 Å². The first-order valence-corrected chi connectivity index (χ1v) is 5.87. The highest BCUT2D eigenvalue weighted by Gasteiger charge is 2.12. The number of hydrogen-bond acceptors (Lipinski definition) is 6. The largest absolute Gasteiger partial charge is 0.459 e. The molecule has 3 heterocycles. The fourth-order valence-electron chi connectivity index (χ4n) is 1.59. The van der Waals surface area contributed by atoms with Crippen molar-refractivity contribution in [3.63, 3.8) is 0 Å². The number of nitrogens with zero attached hydrogens (tertiary/aromatic N) is 3. The molecule has 0 bridgehead atoms. The van der Waals surface area contributed by atoms with E-state index in [0.717, 1.165) is 5.56 Å². The Morgan fingerprint density at radius 3 is 3.00 bits per heavy atom. The molecule has 0 aliphatic rings. The maximum absolute atomic E-state index is 11.7. The van der Waals surface area contributed by atoms with Crippen LogP contribution >= 0.6 is 0 Å². The molecule has 0 aliphatic carbocycles. The zero-order valence-corrected chi connectivity index (χ0v) is 10.3. The van der Waals surface area contributed by atoms with E-state index in [1.807, 2.05) is 6.07 Å². The third kappa shape index (κ3) is 2.56. The number of rotatable bonds is 4. The molecule has 3 aromatic rings. The van der Waals surface area contributed by atoms with Crippen LogP contribution in [0.1, 0.15) is 16.4 Å². The lowest BCUT2D eigenvalue weighted by atomic mass is 10.3. The molecule has 0 saturated carbocycles. The molecule has 3 aromatic heterocycles. The minimum Gasteiger partial charge on any atom is -0.459 e. The smallest absolute Gasteiger partial charge is 0.287 e. The van der Waals surface area contributed by atoms with Gasteiger partial charge in [-0.1, -0.05) is 5.16 Å². The van der Waals surface area contributed by atoms with Gasteiger partial charge >= 0.3 is 0 Å². The van der Waals surface area contributed by atoms with Gasteiger partial charge in [-0.25, -0.2) is 0 Å². The van der Waals surface area contributed by atoms with Gasteiger partial charge in [0.25, 0.3) is 5.91 Å². The summed E-state index contributed by atoms with van der Waals surface area (Å²) in [5.41, 5.74) is 0.750. The van der Waals surface area contributed by atoms with Crippen LogP contribution in [-0.4, -0.2) is 21.0 Å². The summed E-state index contributed by atoms with van der Waals surface area (Å²) in [5.74, 6) is 0.636. The summed E-state index contributed by atoms with van der Waals surface area (Å²) in [6.45, 7) is 0.132. The van der Waals surface area contributed by atoms with Crippen LogP contribution in [0.2, 0.25) is 0 Å². The standard InChI is InChI=1S/C13H10N4O3/c18-13(10-4-2-6-19-10)15-8-11-16-12(17-20-11)9-3-1-5-14-7-9/h1-7H,8H2,(H,15,18). The summed E-state index contributed by atoms with van der Waals surface area (Å²) in [7, 11) is 0. The number of carbonyl (C=O) groups is 1. The maximum atomic E-state index is 11.7. The second kappa shape index (κ2) is 5.35. The Morgan fingerprint density at radius 2 is 2.25 bits per heavy atom. The van der Waals surface area contributed by atoms with Gasteiger partial charge in [0.1, 0.15) is 0 Å². The third-order valence-electron chi connectivity index (χ3n) is 2.53. The Kier molecular flexibility index (Phi) is 3.24. The van der Waals surface area contributed by atoms with Gasteiger partial charge in [-0.15, -0.1) is 0 Å². The highest BCUT2D eigenvalue weighted by Crippen LogP contribution is 2.13. The summed E-state index contributed by atoms with van der Waals surface area (Å²) in [6.07, 6.45) is 4.73. The van der Waals surface area contributed by atoms with Crippen LogP contribution in [0.5, 0.6) is 0 Å². The number of amides is 1. The molecule has 7 heteroatoms. The van der Waals surface area contributed by atoms with Crippen molar-refractivity contribution in [1.82, 2.24) is 20.4 Å². The van der Waals surface area contributed by atoms with Crippen LogP contribution in [0, 0.1) is 0 Å². The molecule has 0 aliphatic heterocycles. The Bertz CT molecular complexity index is 692. The van der Waals surface area contributed by atoms with Gasteiger partial charge in [0.05, 0.1) is 12.8 Å². The average molecular weight is 270 g/mol. The molecule has 0 radical (unpaired) electrons. The van der Waals surface area contributed by atoms with Crippen molar-refractivity contribution in [2.24, 2.45) is 0 Å². The van der Waals surface area contributed by atoms with Gasteiger partial charge in [0, 0.05) is 18.0 Å². The van der Waals surface area contributed by atoms with Crippen LogP contribution in [0.4, 0.5) is 0 Å². The van der Waals surface area contributed by atoms with E-state index in [1.165, 1.54) is 6.26 Å². The van der Waals surface area contributed by atoms with E-state index in [4.69, 9.17) is 8.94 Å². The van der Waals surface area contributed by atoms with Crippen LogP contribution in [-0.2, 0) is 6.54 Å². The fourth-order valence-corrected chi connectivity index (χ4v) is 1.59. The van der Waals surface area contributed by atoms with Crippen molar-refractivity contribution < 1.29 is 13.7 Å². The molecular formula is C13H10N4O3. The van der Waals surface area contributed by atoms with Crippen LogP contribution in [0.3, 0.4) is 0 Å². The van der Waals surface area contributed by atoms with Crippen molar-refractivity contribution >= 4 is 5.91 Å². The monoisotopic (exact) mass is 270 g/mol. The minimum absolute atomic E-state index is 0.132. The second-order valence-corrected chi connectivity index (χ2v) is 3.91. The molecule has 1 amide bonds. The zero-order chi connectivity index (χ0) is 13.8. The molecule has 100 valence electrons. The van der Waals surface area contributed by atoms with E-state index in [-0.39, 0.29) is 18.2 Å². The number of carbonyl (C=O) groups excluding carboxylic acids is 1. The molecule has 3 rings (SSSR count). The summed E-state index contributed by atoms with van der Waals surface area (Å²) in [4.78, 5) is 19.8. The van der Waals surface area contributed by atoms with Crippen LogP contribution in [0.15, 0.2) is 51.9 Å². The molecule has 0 atom stereocenters. The summed E-state index contributed by atoms with van der Waals surface area (Å²) in [5, 5.41) is 6.45. The maximum Gasteiger partial charge on any atom is 0.287 e. The summed E-state index contributed by atoms with van der Waals surface area (Å²) < 4.78 is 10.0. The number of aromatic nitrogens is 3. The highest BCUT2D eigenvalue weighted by atomic mass is 16.5. The van der Waals surface area contributed by atoms with Gasteiger partial charge in [0.2, 0.25) is 11.7 Å². The highest BCUT2D eigenvalue weighted by molar-refractivity contribution is 5.91. The van der Waals surface area contributed by atoms with E-state index in [2.05, 4.69) is 20.4 Å². The van der Waals surface area contributed by atoms with Crippen LogP contribution < -0.4 is 5.32 Å². The molecule has 0 spiro atoms. The van der Waals surface area contributed by atoms with Crippen molar-refractivity contribution in [3.05, 3.63) is 54.6 Å². The van der Waals surface area contributed by atoms with Gasteiger partial charge in [-0.3, -0.25) is 9.78 Å². The summed E-state index contributed by atoms with van der Waals surface area (Å²) in [6, 6.07) is 6.82. The van der Waals surface area contributed by atoms with Crippen molar-refractivity contribution in [3.8, 4) is 11.4 Å². The number of nitrogens with one attached hydrogen (secondary N) is 1. The van der Waals surface area contributed by atoms with E-state index in [0.29, 0.717) is 11.7 Å². The molecule has 0 saturated heterocycles. The first-order chi connectivity index (χ1) is 9.83. The Hall–Kier alpha value is -2.96. The average Bonchev–Trinajstić information content (AvgIpc) is 3.17. The lowest BCUT2D eigenvalue weighted by Gasteiger charge is -1.97. The summed E-state index contributed by atoms with van der Waals surface area (Å²) >= 11 is 0. The van der Waals surface area contributed by atoms with E-state index >= 15 is 0 Å². The lowest BCUT2D eigenvalue weighted by Crippen LogP contribution is -2.22. The topological polar surface area (TPSA) is 94.1 Å². The molecule has 0 unspecified atom stereocenters. The number of pyridine rings is 1. The Morgan fingerprint density at radius 1 is 1.30 bits per heavy atom. The van der Waals surface area contributed by atoms with E-state index < -0.39 is 0 Å². The lowest BCUT2D eigenvalue weighted by molar-refractivity contribution is 0.0918. The van der Waals surface area contributed by atoms with Crippen molar-refractivity contribution in [2.75, 3.05) is 0 Å². The zero-order valence-electron chi connectivity index (χ0n) is 10.3. The van der Waals surface area contributed by atoms with Gasteiger partial charge in [-0.05, 0) is 24.3 Å². The predicted octanol–water partition coefficient (Wildman–Crippen LogP) is 1.65. The minimum atomic E-state index is -0.337. The number of hydrogen-bond donors (Lipinski definition) is 1. The molecule has 0 aromatic carbocycles. The van der Waals surface area contributed by atoms with E-state index in [9.17, 15) is 4.79 Å². The molecular weight excluding hydrogens is 260 g/mol. The fraction of sp³-hybridized carbons (Fsp3) is 0.0769. The van der Waals surface area contributed by atoms with Crippen LogP contribution in [0.25, 0.3) is 11.4 Å². The first kappa shape index (κ1) is 12.1. The quantitative estimate of drug-likeness (QED) is 0.774. The molecule has 20 heavy (non-hydrogen) atoms. The van der Waals surface area contributed by atoms with Gasteiger partial charge < -0.3 is 14.3 Å². The van der Waals surface area contributed by atoms with Crippen molar-refractivity contribution in [1.29, 1.82) is 0 Å². The SMILES string of the molecule is O=C(NCc1nc(-c2cccnc2)no1)c1ccco1. The second-order valence-electron chi connectivity index (χ2n) is 3.91.